The van der Waals surface area contributed by atoms with Gasteiger partial charge in [-0.05, 0) is 24.3 Å². The minimum atomic E-state index is -0.697. The standard InChI is InChI=1S/C10H9ClN4O2/c11-5-1-3-6(4-2-5)15-8(13)7(12)9(16)14-10(15)17/h1-4H,12-13H2,(H,14,16,17). The van der Waals surface area contributed by atoms with Crippen LogP contribution in [0.4, 0.5) is 11.5 Å². The first-order valence-electron chi connectivity index (χ1n) is 4.67. The first kappa shape index (κ1) is 11.3. The average Bonchev–Trinajstić information content (AvgIpc) is 2.29. The maximum absolute atomic E-state index is 11.6. The summed E-state index contributed by atoms with van der Waals surface area (Å²) < 4.78 is 1.10. The maximum atomic E-state index is 11.6. The Kier molecular flexibility index (Phi) is 2.64. The van der Waals surface area contributed by atoms with Crippen LogP contribution in [0.1, 0.15) is 0 Å². The van der Waals surface area contributed by atoms with E-state index in [9.17, 15) is 9.59 Å². The SMILES string of the molecule is Nc1c(N)n(-c2ccc(Cl)cc2)c(=O)[nH]c1=O. The summed E-state index contributed by atoms with van der Waals surface area (Å²) in [5.41, 5.74) is 10.0. The van der Waals surface area contributed by atoms with Gasteiger partial charge in [-0.15, -0.1) is 0 Å². The molecule has 2 rings (SSSR count). The second-order valence-electron chi connectivity index (χ2n) is 3.37. The smallest absolute Gasteiger partial charge is 0.334 e. The van der Waals surface area contributed by atoms with Crippen molar-refractivity contribution >= 4 is 23.1 Å². The number of anilines is 2. The average molecular weight is 253 g/mol. The van der Waals surface area contributed by atoms with Gasteiger partial charge in [0, 0.05) is 5.02 Å². The minimum Gasteiger partial charge on any atom is -0.391 e. The van der Waals surface area contributed by atoms with Crippen LogP contribution in [0.15, 0.2) is 33.9 Å². The molecule has 0 atom stereocenters. The minimum absolute atomic E-state index is 0.0962. The molecular formula is C10H9ClN4O2. The van der Waals surface area contributed by atoms with Gasteiger partial charge >= 0.3 is 5.69 Å². The molecule has 0 radical (unpaired) electrons. The summed E-state index contributed by atoms with van der Waals surface area (Å²) in [4.78, 5) is 24.9. The van der Waals surface area contributed by atoms with E-state index in [-0.39, 0.29) is 11.5 Å². The molecule has 17 heavy (non-hydrogen) atoms. The highest BCUT2D eigenvalue weighted by Gasteiger charge is 2.10. The number of nitrogens with zero attached hydrogens (tertiary/aromatic N) is 1. The number of aromatic amines is 1. The van der Waals surface area contributed by atoms with Gasteiger partial charge in [-0.2, -0.15) is 0 Å². The molecular weight excluding hydrogens is 244 g/mol. The van der Waals surface area contributed by atoms with Crippen molar-refractivity contribution in [3.8, 4) is 5.69 Å². The highest BCUT2D eigenvalue weighted by Crippen LogP contribution is 2.15. The van der Waals surface area contributed by atoms with Crippen LogP contribution in [0.25, 0.3) is 5.69 Å². The molecule has 0 aliphatic carbocycles. The van der Waals surface area contributed by atoms with Gasteiger partial charge in [0.05, 0.1) is 5.69 Å². The van der Waals surface area contributed by atoms with Crippen molar-refractivity contribution in [3.63, 3.8) is 0 Å². The number of nitrogens with two attached hydrogens (primary N) is 2. The maximum Gasteiger partial charge on any atom is 0.334 e. The molecule has 0 saturated heterocycles. The lowest BCUT2D eigenvalue weighted by molar-refractivity contribution is 0.913. The van der Waals surface area contributed by atoms with E-state index in [0.29, 0.717) is 10.7 Å². The Morgan fingerprint density at radius 1 is 1.12 bits per heavy atom. The van der Waals surface area contributed by atoms with Crippen LogP contribution in [0.5, 0.6) is 0 Å². The second kappa shape index (κ2) is 3.99. The highest BCUT2D eigenvalue weighted by molar-refractivity contribution is 6.30. The number of H-pyrrole nitrogens is 1. The number of nitrogens with one attached hydrogen (secondary N) is 1. The Hall–Kier alpha value is -2.21. The summed E-state index contributed by atoms with van der Waals surface area (Å²) in [7, 11) is 0. The number of hydrogen-bond acceptors (Lipinski definition) is 4. The fourth-order valence-electron chi connectivity index (χ4n) is 1.41. The van der Waals surface area contributed by atoms with E-state index in [1.807, 2.05) is 0 Å². The van der Waals surface area contributed by atoms with E-state index in [1.54, 1.807) is 24.3 Å². The van der Waals surface area contributed by atoms with Crippen LogP contribution in [0.3, 0.4) is 0 Å². The molecule has 1 heterocycles. The summed E-state index contributed by atoms with van der Waals surface area (Å²) in [5, 5.41) is 0.526. The Balaban J connectivity index is 2.76. The second-order valence-corrected chi connectivity index (χ2v) is 3.81. The summed E-state index contributed by atoms with van der Waals surface area (Å²) in [6.45, 7) is 0. The molecule has 0 amide bonds. The third-order valence-electron chi connectivity index (χ3n) is 2.27. The summed E-state index contributed by atoms with van der Waals surface area (Å²) in [5.74, 6) is -0.0962. The Labute approximate surface area is 100 Å². The van der Waals surface area contributed by atoms with Gasteiger partial charge in [0.25, 0.3) is 5.56 Å². The van der Waals surface area contributed by atoms with Gasteiger partial charge in [0.2, 0.25) is 0 Å². The number of hydrogen-bond donors (Lipinski definition) is 3. The molecule has 5 N–H and O–H groups in total. The van der Waals surface area contributed by atoms with E-state index in [1.165, 1.54) is 0 Å². The zero-order chi connectivity index (χ0) is 12.6. The topological polar surface area (TPSA) is 107 Å². The molecule has 88 valence electrons. The molecule has 0 saturated carbocycles. The Morgan fingerprint density at radius 3 is 2.29 bits per heavy atom. The van der Waals surface area contributed by atoms with Gasteiger partial charge < -0.3 is 11.5 Å². The molecule has 1 aromatic heterocycles. The van der Waals surface area contributed by atoms with Crippen LogP contribution < -0.4 is 22.7 Å². The van der Waals surface area contributed by atoms with Crippen LogP contribution in [-0.2, 0) is 0 Å². The largest absolute Gasteiger partial charge is 0.391 e. The molecule has 0 aliphatic heterocycles. The lowest BCUT2D eigenvalue weighted by Crippen LogP contribution is -2.32. The van der Waals surface area contributed by atoms with E-state index < -0.39 is 11.2 Å². The summed E-state index contributed by atoms with van der Waals surface area (Å²) in [6, 6.07) is 6.39. The number of benzene rings is 1. The lowest BCUT2D eigenvalue weighted by atomic mass is 10.3. The van der Waals surface area contributed by atoms with Crippen molar-refractivity contribution in [1.29, 1.82) is 0 Å². The van der Waals surface area contributed by atoms with Crippen molar-refractivity contribution in [2.24, 2.45) is 0 Å². The van der Waals surface area contributed by atoms with E-state index in [4.69, 9.17) is 23.1 Å². The quantitative estimate of drug-likeness (QED) is 0.680. The Bertz CT molecular complexity index is 672. The van der Waals surface area contributed by atoms with Crippen LogP contribution in [0.2, 0.25) is 5.02 Å². The first-order valence-corrected chi connectivity index (χ1v) is 5.04. The molecule has 0 fully saturated rings. The van der Waals surface area contributed by atoms with Crippen LogP contribution >= 0.6 is 11.6 Å². The number of halogens is 1. The third kappa shape index (κ3) is 1.90. The molecule has 0 spiro atoms. The van der Waals surface area contributed by atoms with Crippen molar-refractivity contribution in [1.82, 2.24) is 9.55 Å². The Morgan fingerprint density at radius 2 is 1.71 bits per heavy atom. The van der Waals surface area contributed by atoms with E-state index >= 15 is 0 Å². The molecule has 6 nitrogen and oxygen atoms in total. The predicted molar refractivity (Wildman–Crippen MR) is 66.5 cm³/mol. The van der Waals surface area contributed by atoms with Crippen molar-refractivity contribution < 1.29 is 0 Å². The summed E-state index contributed by atoms with van der Waals surface area (Å²) in [6.07, 6.45) is 0. The van der Waals surface area contributed by atoms with Gasteiger partial charge in [-0.25, -0.2) is 9.36 Å². The van der Waals surface area contributed by atoms with E-state index in [0.717, 1.165) is 4.57 Å². The monoisotopic (exact) mass is 252 g/mol. The first-order chi connectivity index (χ1) is 8.00. The fourth-order valence-corrected chi connectivity index (χ4v) is 1.54. The van der Waals surface area contributed by atoms with Gasteiger partial charge in [0.15, 0.2) is 0 Å². The highest BCUT2D eigenvalue weighted by atomic mass is 35.5. The van der Waals surface area contributed by atoms with Gasteiger partial charge in [0.1, 0.15) is 11.5 Å². The van der Waals surface area contributed by atoms with Crippen molar-refractivity contribution in [2.45, 2.75) is 0 Å². The van der Waals surface area contributed by atoms with Crippen molar-refractivity contribution in [2.75, 3.05) is 11.5 Å². The molecule has 0 aliphatic rings. The number of rotatable bonds is 1. The normalized spacial score (nSPS) is 10.4. The van der Waals surface area contributed by atoms with Crippen molar-refractivity contribution in [3.05, 3.63) is 50.1 Å². The third-order valence-corrected chi connectivity index (χ3v) is 2.52. The predicted octanol–water partition coefficient (Wildman–Crippen LogP) is 0.344. The van der Waals surface area contributed by atoms with Gasteiger partial charge in [-0.1, -0.05) is 11.6 Å². The molecule has 7 heteroatoms. The molecule has 0 bridgehead atoms. The molecule has 2 aromatic rings. The number of aromatic nitrogens is 2. The lowest BCUT2D eigenvalue weighted by Gasteiger charge is -2.10. The zero-order valence-corrected chi connectivity index (χ0v) is 9.36. The molecule has 1 aromatic carbocycles. The van der Waals surface area contributed by atoms with Gasteiger partial charge in [-0.3, -0.25) is 9.78 Å². The van der Waals surface area contributed by atoms with Crippen LogP contribution in [-0.4, -0.2) is 9.55 Å². The zero-order valence-electron chi connectivity index (χ0n) is 8.61. The summed E-state index contributed by atoms with van der Waals surface area (Å²) >= 11 is 5.73. The van der Waals surface area contributed by atoms with E-state index in [2.05, 4.69) is 4.98 Å². The fraction of sp³-hybridized carbons (Fsp3) is 0. The molecule has 0 unspecified atom stereocenters. The van der Waals surface area contributed by atoms with Crippen LogP contribution in [0, 0.1) is 0 Å². The number of nitrogen functional groups attached to an aromatic ring is 2.